The zero-order chi connectivity index (χ0) is 19.6. The quantitative estimate of drug-likeness (QED) is 0.662. The Hall–Kier alpha value is -3.22. The molecule has 0 bridgehead atoms. The molecule has 1 amide bonds. The van der Waals surface area contributed by atoms with Gasteiger partial charge in [0, 0.05) is 29.4 Å². The van der Waals surface area contributed by atoms with E-state index in [4.69, 9.17) is 9.26 Å². The molecule has 0 spiro atoms. The number of ether oxygens (including phenoxy) is 1. The number of benzene rings is 1. The molecular formula is C22H22N4O3. The first-order chi connectivity index (χ1) is 14.3. The van der Waals surface area contributed by atoms with Gasteiger partial charge in [-0.2, -0.15) is 4.98 Å². The lowest BCUT2D eigenvalue weighted by Crippen LogP contribution is -2.57. The van der Waals surface area contributed by atoms with Crippen LogP contribution in [0.4, 0.5) is 0 Å². The van der Waals surface area contributed by atoms with E-state index in [2.05, 4.69) is 15.1 Å². The summed E-state index contributed by atoms with van der Waals surface area (Å²) in [5, 5.41) is 4.06. The number of aromatic nitrogens is 3. The van der Waals surface area contributed by atoms with Crippen LogP contribution in [0.1, 0.15) is 25.7 Å². The van der Waals surface area contributed by atoms with Crippen LogP contribution >= 0.6 is 0 Å². The minimum Gasteiger partial charge on any atom is -0.487 e. The number of likely N-dealkylation sites (tertiary alicyclic amines) is 1. The van der Waals surface area contributed by atoms with Crippen LogP contribution in [0.25, 0.3) is 22.8 Å². The highest BCUT2D eigenvalue weighted by atomic mass is 16.5. The van der Waals surface area contributed by atoms with Crippen molar-refractivity contribution in [3.63, 3.8) is 0 Å². The van der Waals surface area contributed by atoms with Crippen LogP contribution in [0.3, 0.4) is 0 Å². The Labute approximate surface area is 168 Å². The molecule has 7 nitrogen and oxygen atoms in total. The van der Waals surface area contributed by atoms with E-state index in [1.54, 1.807) is 12.4 Å². The Morgan fingerprint density at radius 2 is 1.72 bits per heavy atom. The second-order valence-electron chi connectivity index (χ2n) is 7.65. The molecule has 0 atom stereocenters. The van der Waals surface area contributed by atoms with Crippen molar-refractivity contribution in [1.82, 2.24) is 20.0 Å². The fraction of sp³-hybridized carbons (Fsp3) is 0.364. The lowest BCUT2D eigenvalue weighted by molar-refractivity contribution is -0.144. The minimum absolute atomic E-state index is 0.0645. The fourth-order valence-electron chi connectivity index (χ4n) is 3.95. The molecule has 0 radical (unpaired) electrons. The van der Waals surface area contributed by atoms with Crippen LogP contribution in [0, 0.1) is 5.92 Å². The van der Waals surface area contributed by atoms with E-state index in [-0.39, 0.29) is 12.0 Å². The van der Waals surface area contributed by atoms with Crippen molar-refractivity contribution in [2.75, 3.05) is 13.1 Å². The van der Waals surface area contributed by atoms with E-state index in [0.29, 0.717) is 30.7 Å². The van der Waals surface area contributed by atoms with Crippen molar-refractivity contribution >= 4 is 5.91 Å². The Morgan fingerprint density at radius 3 is 2.45 bits per heavy atom. The summed E-state index contributed by atoms with van der Waals surface area (Å²) in [6.45, 7) is 1.36. The van der Waals surface area contributed by atoms with Gasteiger partial charge in [0.2, 0.25) is 11.7 Å². The molecule has 5 rings (SSSR count). The van der Waals surface area contributed by atoms with Crippen molar-refractivity contribution < 1.29 is 14.1 Å². The molecule has 1 aliphatic heterocycles. The molecule has 1 aromatic carbocycles. The van der Waals surface area contributed by atoms with Crippen LogP contribution in [0.15, 0.2) is 53.3 Å². The molecule has 29 heavy (non-hydrogen) atoms. The third-order valence-corrected chi connectivity index (χ3v) is 5.63. The molecule has 0 unspecified atom stereocenters. The van der Waals surface area contributed by atoms with Crippen LogP contribution in [-0.2, 0) is 4.79 Å². The van der Waals surface area contributed by atoms with E-state index in [1.807, 2.05) is 41.3 Å². The van der Waals surface area contributed by atoms with Crippen molar-refractivity contribution in [2.45, 2.75) is 31.8 Å². The number of amides is 1. The van der Waals surface area contributed by atoms with Crippen LogP contribution in [0.5, 0.6) is 5.75 Å². The average molecular weight is 390 g/mol. The van der Waals surface area contributed by atoms with Crippen molar-refractivity contribution in [1.29, 1.82) is 0 Å². The molecule has 1 saturated carbocycles. The number of rotatable bonds is 5. The number of pyridine rings is 1. The predicted molar refractivity (Wildman–Crippen MR) is 106 cm³/mol. The maximum Gasteiger partial charge on any atom is 0.258 e. The predicted octanol–water partition coefficient (Wildman–Crippen LogP) is 3.58. The van der Waals surface area contributed by atoms with Gasteiger partial charge in [0.1, 0.15) is 11.9 Å². The van der Waals surface area contributed by atoms with E-state index in [0.717, 1.165) is 29.7 Å². The molecule has 7 heteroatoms. The highest BCUT2D eigenvalue weighted by Crippen LogP contribution is 2.29. The van der Waals surface area contributed by atoms with E-state index in [9.17, 15) is 4.79 Å². The number of nitrogens with zero attached hydrogens (tertiary/aromatic N) is 4. The number of carbonyl (C=O) groups is 1. The molecule has 2 fully saturated rings. The lowest BCUT2D eigenvalue weighted by atomic mass is 10.0. The summed E-state index contributed by atoms with van der Waals surface area (Å²) >= 11 is 0. The standard InChI is InChI=1S/C22H22N4O3/c27-22(17-3-1-2-4-17)26-13-19(14-26)28-18-7-5-15(6-8-18)20-24-21(29-25-20)16-9-11-23-12-10-16/h5-12,17,19H,1-4,13-14H2. The van der Waals surface area contributed by atoms with Crippen molar-refractivity contribution in [2.24, 2.45) is 5.92 Å². The maximum atomic E-state index is 12.4. The van der Waals surface area contributed by atoms with Crippen LogP contribution in [0.2, 0.25) is 0 Å². The van der Waals surface area contributed by atoms with E-state index >= 15 is 0 Å². The van der Waals surface area contributed by atoms with Gasteiger partial charge in [0.25, 0.3) is 5.89 Å². The topological polar surface area (TPSA) is 81.4 Å². The number of hydrogen-bond donors (Lipinski definition) is 0. The first kappa shape index (κ1) is 17.8. The summed E-state index contributed by atoms with van der Waals surface area (Å²) in [5.74, 6) is 2.32. The van der Waals surface area contributed by atoms with Gasteiger partial charge in [-0.15, -0.1) is 0 Å². The van der Waals surface area contributed by atoms with Gasteiger partial charge in [-0.05, 0) is 49.2 Å². The SMILES string of the molecule is O=C(C1CCCC1)N1CC(Oc2ccc(-c3noc(-c4ccncc4)n3)cc2)C1. The van der Waals surface area contributed by atoms with Gasteiger partial charge in [0.15, 0.2) is 0 Å². The van der Waals surface area contributed by atoms with E-state index in [1.165, 1.54) is 12.8 Å². The Morgan fingerprint density at radius 1 is 1.00 bits per heavy atom. The highest BCUT2D eigenvalue weighted by molar-refractivity contribution is 5.80. The van der Waals surface area contributed by atoms with Gasteiger partial charge in [-0.25, -0.2) is 0 Å². The molecule has 3 heterocycles. The van der Waals surface area contributed by atoms with Crippen molar-refractivity contribution in [3.05, 3.63) is 48.8 Å². The summed E-state index contributed by atoms with van der Waals surface area (Å²) in [7, 11) is 0. The van der Waals surface area contributed by atoms with Gasteiger partial charge in [0.05, 0.1) is 13.1 Å². The van der Waals surface area contributed by atoms with Gasteiger partial charge in [-0.1, -0.05) is 18.0 Å². The first-order valence-electron chi connectivity index (χ1n) is 10.1. The second-order valence-corrected chi connectivity index (χ2v) is 7.65. The Balaban J connectivity index is 1.17. The van der Waals surface area contributed by atoms with Gasteiger partial charge >= 0.3 is 0 Å². The summed E-state index contributed by atoms with van der Waals surface area (Å²) in [6.07, 6.45) is 7.89. The Kier molecular flexibility index (Phi) is 4.71. The zero-order valence-electron chi connectivity index (χ0n) is 16.0. The van der Waals surface area contributed by atoms with E-state index < -0.39 is 0 Å². The second kappa shape index (κ2) is 7.66. The van der Waals surface area contributed by atoms with Gasteiger partial charge < -0.3 is 14.2 Å². The molecule has 2 aromatic heterocycles. The molecule has 0 N–H and O–H groups in total. The normalized spacial score (nSPS) is 17.3. The fourth-order valence-corrected chi connectivity index (χ4v) is 3.95. The summed E-state index contributed by atoms with van der Waals surface area (Å²) in [5.41, 5.74) is 1.69. The maximum absolute atomic E-state index is 12.4. The average Bonchev–Trinajstić information content (AvgIpc) is 3.43. The largest absolute Gasteiger partial charge is 0.487 e. The molecule has 148 valence electrons. The molecule has 1 saturated heterocycles. The highest BCUT2D eigenvalue weighted by Gasteiger charge is 2.36. The van der Waals surface area contributed by atoms with Crippen molar-refractivity contribution in [3.8, 4) is 28.6 Å². The molecule has 2 aliphatic rings. The number of hydrogen-bond acceptors (Lipinski definition) is 6. The summed E-state index contributed by atoms with van der Waals surface area (Å²) < 4.78 is 11.3. The summed E-state index contributed by atoms with van der Waals surface area (Å²) in [6, 6.07) is 11.3. The van der Waals surface area contributed by atoms with Gasteiger partial charge in [-0.3, -0.25) is 9.78 Å². The molecule has 1 aliphatic carbocycles. The van der Waals surface area contributed by atoms with Crippen LogP contribution in [-0.4, -0.2) is 45.1 Å². The lowest BCUT2D eigenvalue weighted by Gasteiger charge is -2.40. The molecule has 3 aromatic rings. The molecular weight excluding hydrogens is 368 g/mol. The monoisotopic (exact) mass is 390 g/mol. The first-order valence-corrected chi connectivity index (χ1v) is 10.1. The number of carbonyl (C=O) groups excluding carboxylic acids is 1. The third kappa shape index (κ3) is 3.72. The Bertz CT molecular complexity index is 975. The summed E-state index contributed by atoms with van der Waals surface area (Å²) in [4.78, 5) is 22.7. The smallest absolute Gasteiger partial charge is 0.258 e. The third-order valence-electron chi connectivity index (χ3n) is 5.63. The van der Waals surface area contributed by atoms with Crippen LogP contribution < -0.4 is 4.74 Å². The minimum atomic E-state index is 0.0645. The zero-order valence-corrected chi connectivity index (χ0v) is 16.0.